The number of fused-ring (bicyclic) bond motifs is 1. The van der Waals surface area contributed by atoms with E-state index in [1.807, 2.05) is 19.1 Å². The minimum atomic E-state index is -0.338. The molecule has 1 aromatic heterocycles. The van der Waals surface area contributed by atoms with Crippen LogP contribution in [0.4, 0.5) is 4.39 Å². The van der Waals surface area contributed by atoms with Crippen LogP contribution in [-0.2, 0) is 6.42 Å². The number of halogens is 1. The van der Waals surface area contributed by atoms with Gasteiger partial charge in [-0.1, -0.05) is 32.1 Å². The summed E-state index contributed by atoms with van der Waals surface area (Å²) in [6.07, 6.45) is 11.9. The second-order valence-electron chi connectivity index (χ2n) is 10.4. The molecule has 5 rings (SSSR count). The minimum absolute atomic E-state index is 0.125. The van der Waals surface area contributed by atoms with Gasteiger partial charge in [-0.2, -0.15) is 0 Å². The first kappa shape index (κ1) is 24.1. The van der Waals surface area contributed by atoms with Gasteiger partial charge in [0.1, 0.15) is 11.6 Å². The Bertz CT molecular complexity index is 1180. The maximum absolute atomic E-state index is 13.5. The number of hydrogen-bond acceptors (Lipinski definition) is 3. The van der Waals surface area contributed by atoms with Crippen molar-refractivity contribution in [3.05, 3.63) is 65.1 Å². The number of methoxy groups -OCH3 is 1. The fourth-order valence-electron chi connectivity index (χ4n) is 6.41. The highest BCUT2D eigenvalue weighted by atomic mass is 19.1. The monoisotopic (exact) mass is 476 g/mol. The number of ether oxygens (including phenoxy) is 1. The molecule has 1 saturated carbocycles. The van der Waals surface area contributed by atoms with Crippen molar-refractivity contribution in [3.63, 3.8) is 0 Å². The lowest BCUT2D eigenvalue weighted by molar-refractivity contribution is 0.0962. The predicted octanol–water partition coefficient (Wildman–Crippen LogP) is 6.76. The van der Waals surface area contributed by atoms with E-state index in [1.165, 1.54) is 75.6 Å². The third-order valence-corrected chi connectivity index (χ3v) is 8.31. The van der Waals surface area contributed by atoms with E-state index in [0.29, 0.717) is 11.6 Å². The van der Waals surface area contributed by atoms with Gasteiger partial charge >= 0.3 is 0 Å². The van der Waals surface area contributed by atoms with Crippen molar-refractivity contribution in [1.82, 2.24) is 9.47 Å². The van der Waals surface area contributed by atoms with Crippen molar-refractivity contribution in [2.45, 2.75) is 70.8 Å². The van der Waals surface area contributed by atoms with Gasteiger partial charge in [0, 0.05) is 29.2 Å². The third kappa shape index (κ3) is 5.02. The molecule has 4 nitrogen and oxygen atoms in total. The number of carbonyl (C=O) groups is 1. The van der Waals surface area contributed by atoms with Crippen LogP contribution >= 0.6 is 0 Å². The smallest absolute Gasteiger partial charge is 0.262 e. The summed E-state index contributed by atoms with van der Waals surface area (Å²) in [5.74, 6) is 1.23. The fraction of sp³-hybridized carbons (Fsp3) is 0.500. The molecule has 186 valence electrons. The third-order valence-electron chi connectivity index (χ3n) is 8.31. The SMILES string of the molecule is COc1ccc2c(c1)c(CCN1CCCC1CC1CCCCC1)c(C)n2C(=O)c1ccc(F)cc1. The van der Waals surface area contributed by atoms with Gasteiger partial charge in [0.25, 0.3) is 5.91 Å². The van der Waals surface area contributed by atoms with Gasteiger partial charge in [-0.3, -0.25) is 9.36 Å². The number of benzene rings is 2. The van der Waals surface area contributed by atoms with Crippen LogP contribution in [0.15, 0.2) is 42.5 Å². The largest absolute Gasteiger partial charge is 0.497 e. The molecule has 1 atom stereocenters. The zero-order valence-electron chi connectivity index (χ0n) is 21.1. The molecular formula is C30H37FN2O2. The Kier molecular flexibility index (Phi) is 7.24. The zero-order chi connectivity index (χ0) is 24.4. The summed E-state index contributed by atoms with van der Waals surface area (Å²) in [7, 11) is 1.68. The Morgan fingerprint density at radius 3 is 2.54 bits per heavy atom. The van der Waals surface area contributed by atoms with Gasteiger partial charge in [0.05, 0.1) is 12.6 Å². The average molecular weight is 477 g/mol. The Morgan fingerprint density at radius 2 is 1.80 bits per heavy atom. The number of nitrogens with zero attached hydrogens (tertiary/aromatic N) is 2. The van der Waals surface area contributed by atoms with Crippen molar-refractivity contribution in [2.75, 3.05) is 20.2 Å². The topological polar surface area (TPSA) is 34.5 Å². The second-order valence-corrected chi connectivity index (χ2v) is 10.4. The molecule has 3 aromatic rings. The highest BCUT2D eigenvalue weighted by Crippen LogP contribution is 2.34. The van der Waals surface area contributed by atoms with E-state index in [-0.39, 0.29) is 11.7 Å². The number of carbonyl (C=O) groups excluding carboxylic acids is 1. The van der Waals surface area contributed by atoms with E-state index in [2.05, 4.69) is 11.0 Å². The molecule has 0 spiro atoms. The van der Waals surface area contributed by atoms with Crippen molar-refractivity contribution in [3.8, 4) is 5.75 Å². The highest BCUT2D eigenvalue weighted by Gasteiger charge is 2.28. The van der Waals surface area contributed by atoms with Gasteiger partial charge in [0.2, 0.25) is 0 Å². The van der Waals surface area contributed by atoms with Crippen LogP contribution < -0.4 is 4.74 Å². The highest BCUT2D eigenvalue weighted by molar-refractivity contribution is 6.04. The van der Waals surface area contributed by atoms with Gasteiger partial charge in [-0.05, 0) is 93.1 Å². The van der Waals surface area contributed by atoms with E-state index >= 15 is 0 Å². The van der Waals surface area contributed by atoms with Gasteiger partial charge in [-0.15, -0.1) is 0 Å². The molecule has 1 aliphatic carbocycles. The van der Waals surface area contributed by atoms with Gasteiger partial charge < -0.3 is 9.64 Å². The van der Waals surface area contributed by atoms with Crippen LogP contribution in [0.5, 0.6) is 5.75 Å². The fourth-order valence-corrected chi connectivity index (χ4v) is 6.41. The summed E-state index contributed by atoms with van der Waals surface area (Å²) in [6.45, 7) is 4.22. The van der Waals surface area contributed by atoms with Crippen molar-refractivity contribution >= 4 is 16.8 Å². The van der Waals surface area contributed by atoms with E-state index in [1.54, 1.807) is 23.8 Å². The zero-order valence-corrected chi connectivity index (χ0v) is 21.1. The first-order valence-electron chi connectivity index (χ1n) is 13.3. The molecule has 2 aromatic carbocycles. The first-order chi connectivity index (χ1) is 17.0. The molecule has 2 aliphatic rings. The Hall–Kier alpha value is -2.66. The number of likely N-dealkylation sites (tertiary alicyclic amines) is 1. The van der Waals surface area contributed by atoms with E-state index in [9.17, 15) is 9.18 Å². The quantitative estimate of drug-likeness (QED) is 0.378. The lowest BCUT2D eigenvalue weighted by Crippen LogP contribution is -2.33. The summed E-state index contributed by atoms with van der Waals surface area (Å²) >= 11 is 0. The maximum atomic E-state index is 13.5. The molecule has 1 aliphatic heterocycles. The lowest BCUT2D eigenvalue weighted by atomic mass is 9.84. The minimum Gasteiger partial charge on any atom is -0.497 e. The van der Waals surface area contributed by atoms with Crippen LogP contribution in [0, 0.1) is 18.7 Å². The molecule has 2 fully saturated rings. The summed E-state index contributed by atoms with van der Waals surface area (Å²) in [6, 6.07) is 12.4. The van der Waals surface area contributed by atoms with Crippen LogP contribution in [0.1, 0.15) is 73.0 Å². The molecule has 0 amide bonds. The average Bonchev–Trinajstić information content (AvgIpc) is 3.43. The summed E-state index contributed by atoms with van der Waals surface area (Å²) < 4.78 is 20.8. The number of aromatic nitrogens is 1. The van der Waals surface area contributed by atoms with Crippen LogP contribution in [-0.4, -0.2) is 41.6 Å². The van der Waals surface area contributed by atoms with E-state index < -0.39 is 0 Å². The van der Waals surface area contributed by atoms with E-state index in [0.717, 1.165) is 41.2 Å². The molecule has 35 heavy (non-hydrogen) atoms. The number of rotatable bonds is 7. The molecular weight excluding hydrogens is 439 g/mol. The molecule has 1 saturated heterocycles. The maximum Gasteiger partial charge on any atom is 0.262 e. The first-order valence-corrected chi connectivity index (χ1v) is 13.3. The van der Waals surface area contributed by atoms with Crippen LogP contribution in [0.2, 0.25) is 0 Å². The van der Waals surface area contributed by atoms with Crippen LogP contribution in [0.25, 0.3) is 10.9 Å². The molecule has 0 radical (unpaired) electrons. The van der Waals surface area contributed by atoms with Crippen molar-refractivity contribution in [2.24, 2.45) is 5.92 Å². The predicted molar refractivity (Wildman–Crippen MR) is 139 cm³/mol. The molecule has 2 heterocycles. The Morgan fingerprint density at radius 1 is 1.03 bits per heavy atom. The van der Waals surface area contributed by atoms with Crippen LogP contribution in [0.3, 0.4) is 0 Å². The van der Waals surface area contributed by atoms with Crippen molar-refractivity contribution < 1.29 is 13.9 Å². The summed E-state index contributed by atoms with van der Waals surface area (Å²) in [5.41, 5.74) is 3.54. The normalized spacial score (nSPS) is 19.5. The standard InChI is InChI=1S/C30H37FN2O2/c1-21-27(16-18-32-17-6-9-25(32)19-22-7-4-3-5-8-22)28-20-26(35-2)14-15-29(28)33(21)30(34)23-10-12-24(31)13-11-23/h10-15,20,22,25H,3-9,16-19H2,1-2H3. The molecule has 0 N–H and O–H groups in total. The molecule has 0 bridgehead atoms. The Balaban J connectivity index is 1.41. The summed E-state index contributed by atoms with van der Waals surface area (Å²) in [5, 5.41) is 1.07. The van der Waals surface area contributed by atoms with E-state index in [4.69, 9.17) is 4.74 Å². The van der Waals surface area contributed by atoms with Gasteiger partial charge in [0.15, 0.2) is 0 Å². The second kappa shape index (κ2) is 10.5. The van der Waals surface area contributed by atoms with Gasteiger partial charge in [-0.25, -0.2) is 4.39 Å². The lowest BCUT2D eigenvalue weighted by Gasteiger charge is -2.30. The Labute approximate surface area is 208 Å². The molecule has 1 unspecified atom stereocenters. The number of hydrogen-bond donors (Lipinski definition) is 0. The molecule has 5 heteroatoms. The summed E-state index contributed by atoms with van der Waals surface area (Å²) in [4.78, 5) is 16.2. The van der Waals surface area contributed by atoms with Crippen molar-refractivity contribution in [1.29, 1.82) is 0 Å².